The molecule has 1 fully saturated rings. The summed E-state index contributed by atoms with van der Waals surface area (Å²) in [6, 6.07) is 5.19. The molecule has 1 saturated heterocycles. The molecule has 1 atom stereocenters. The Balaban J connectivity index is 2.12. The van der Waals surface area contributed by atoms with Gasteiger partial charge in [-0.15, -0.1) is 0 Å². The number of aromatic nitrogens is 1. The van der Waals surface area contributed by atoms with E-state index in [9.17, 15) is 4.79 Å². The van der Waals surface area contributed by atoms with Crippen LogP contribution < -0.4 is 0 Å². The highest BCUT2D eigenvalue weighted by Crippen LogP contribution is 2.18. The van der Waals surface area contributed by atoms with E-state index in [1.807, 2.05) is 6.07 Å². The van der Waals surface area contributed by atoms with Gasteiger partial charge in [-0.3, -0.25) is 4.79 Å². The molecule has 0 radical (unpaired) electrons. The predicted octanol–water partition coefficient (Wildman–Crippen LogP) is 1.56. The van der Waals surface area contributed by atoms with Crippen molar-refractivity contribution in [2.75, 3.05) is 13.1 Å². The monoisotopic (exact) mass is 279 g/mol. The van der Waals surface area contributed by atoms with E-state index in [1.54, 1.807) is 17.0 Å². The van der Waals surface area contributed by atoms with Crippen LogP contribution in [0.2, 0.25) is 0 Å². The number of likely N-dealkylation sites (tertiary alicyclic amines) is 1. The number of amides is 1. The van der Waals surface area contributed by atoms with E-state index in [0.717, 1.165) is 19.5 Å². The maximum absolute atomic E-state index is 12.0. The smallest absolute Gasteiger partial charge is 0.272 e. The van der Waals surface area contributed by atoms with E-state index in [4.69, 9.17) is 5.26 Å². The second-order valence-corrected chi connectivity index (χ2v) is 4.98. The second-order valence-electron chi connectivity index (χ2n) is 3.68. The third kappa shape index (κ3) is 2.22. The Bertz CT molecular complexity index is 438. The fraction of sp³-hybridized carbons (Fsp3) is 0.364. The van der Waals surface area contributed by atoms with Gasteiger partial charge in [0.25, 0.3) is 5.91 Å². The number of carbonyl (C=O) groups is 1. The zero-order valence-electron chi connectivity index (χ0n) is 8.56. The summed E-state index contributed by atoms with van der Waals surface area (Å²) in [5.74, 6) is -0.0635. The molecular weight excluding hydrogens is 270 g/mol. The number of alkyl halides is 1. The Morgan fingerprint density at radius 2 is 2.44 bits per heavy atom. The molecule has 16 heavy (non-hydrogen) atoms. The lowest BCUT2D eigenvalue weighted by Crippen LogP contribution is -2.29. The topological polar surface area (TPSA) is 57.0 Å². The summed E-state index contributed by atoms with van der Waals surface area (Å²) in [7, 11) is 0. The molecule has 1 amide bonds. The fourth-order valence-electron chi connectivity index (χ4n) is 1.65. The molecule has 1 aromatic heterocycles. The van der Waals surface area contributed by atoms with Crippen molar-refractivity contribution in [1.29, 1.82) is 5.26 Å². The lowest BCUT2D eigenvalue weighted by atomic mass is 10.2. The standard InChI is InChI=1S/C11H10BrN3O/c12-9-3-4-15(7-9)11(16)10-2-1-8(5-13)6-14-10/h1-2,6,9H,3-4,7H2. The van der Waals surface area contributed by atoms with Crippen molar-refractivity contribution in [3.63, 3.8) is 0 Å². The van der Waals surface area contributed by atoms with E-state index >= 15 is 0 Å². The van der Waals surface area contributed by atoms with Crippen LogP contribution in [0.3, 0.4) is 0 Å². The second kappa shape index (κ2) is 4.62. The summed E-state index contributed by atoms with van der Waals surface area (Å²) >= 11 is 3.48. The molecule has 0 N–H and O–H groups in total. The molecule has 82 valence electrons. The third-order valence-corrected chi connectivity index (χ3v) is 3.28. The molecule has 2 rings (SSSR count). The summed E-state index contributed by atoms with van der Waals surface area (Å²) in [6.07, 6.45) is 2.40. The van der Waals surface area contributed by atoms with Crippen LogP contribution in [0.15, 0.2) is 18.3 Å². The van der Waals surface area contributed by atoms with E-state index in [0.29, 0.717) is 16.1 Å². The van der Waals surface area contributed by atoms with Crippen LogP contribution in [0.4, 0.5) is 0 Å². The summed E-state index contributed by atoms with van der Waals surface area (Å²) in [5.41, 5.74) is 0.872. The third-order valence-electron chi connectivity index (χ3n) is 2.53. The molecule has 2 heterocycles. The first-order valence-electron chi connectivity index (χ1n) is 5.00. The van der Waals surface area contributed by atoms with Crippen molar-refractivity contribution in [2.45, 2.75) is 11.2 Å². The molecule has 0 aliphatic carbocycles. The molecule has 0 saturated carbocycles. The van der Waals surface area contributed by atoms with Gasteiger partial charge in [-0.25, -0.2) is 4.98 Å². The first-order chi connectivity index (χ1) is 7.70. The van der Waals surface area contributed by atoms with E-state index in [-0.39, 0.29) is 5.91 Å². The molecule has 0 bridgehead atoms. The Morgan fingerprint density at radius 3 is 2.94 bits per heavy atom. The van der Waals surface area contributed by atoms with Crippen LogP contribution in [-0.2, 0) is 0 Å². The summed E-state index contributed by atoms with van der Waals surface area (Å²) in [4.78, 5) is 18.1. The van der Waals surface area contributed by atoms with Crippen molar-refractivity contribution >= 4 is 21.8 Å². The zero-order chi connectivity index (χ0) is 11.5. The highest BCUT2D eigenvalue weighted by Gasteiger charge is 2.25. The largest absolute Gasteiger partial charge is 0.336 e. The predicted molar refractivity (Wildman–Crippen MR) is 62.2 cm³/mol. The number of hydrogen-bond donors (Lipinski definition) is 0. The van der Waals surface area contributed by atoms with Crippen LogP contribution in [-0.4, -0.2) is 33.7 Å². The minimum Gasteiger partial charge on any atom is -0.336 e. The SMILES string of the molecule is N#Cc1ccc(C(=O)N2CCC(Br)C2)nc1. The van der Waals surface area contributed by atoms with Crippen molar-refractivity contribution < 1.29 is 4.79 Å². The highest BCUT2D eigenvalue weighted by molar-refractivity contribution is 9.09. The fourth-order valence-corrected chi connectivity index (χ4v) is 2.20. The first-order valence-corrected chi connectivity index (χ1v) is 5.92. The Morgan fingerprint density at radius 1 is 1.62 bits per heavy atom. The zero-order valence-corrected chi connectivity index (χ0v) is 10.1. The number of halogens is 1. The number of pyridine rings is 1. The molecule has 1 aliphatic heterocycles. The van der Waals surface area contributed by atoms with Gasteiger partial charge in [0, 0.05) is 24.1 Å². The van der Waals surface area contributed by atoms with Crippen LogP contribution in [0.5, 0.6) is 0 Å². The average molecular weight is 280 g/mol. The minimum absolute atomic E-state index is 0.0635. The van der Waals surface area contributed by atoms with Crippen LogP contribution >= 0.6 is 15.9 Å². The quantitative estimate of drug-likeness (QED) is 0.733. The van der Waals surface area contributed by atoms with Gasteiger partial charge in [0.05, 0.1) is 5.56 Å². The van der Waals surface area contributed by atoms with Gasteiger partial charge in [-0.1, -0.05) is 15.9 Å². The van der Waals surface area contributed by atoms with Gasteiger partial charge in [0.2, 0.25) is 0 Å². The van der Waals surface area contributed by atoms with Crippen LogP contribution in [0, 0.1) is 11.3 Å². The van der Waals surface area contributed by atoms with Gasteiger partial charge in [0.15, 0.2) is 0 Å². The normalized spacial score (nSPS) is 19.5. The number of nitrogens with zero attached hydrogens (tertiary/aromatic N) is 3. The highest BCUT2D eigenvalue weighted by atomic mass is 79.9. The Labute approximate surface area is 102 Å². The van der Waals surface area contributed by atoms with Crippen LogP contribution in [0.1, 0.15) is 22.5 Å². The Kier molecular flexibility index (Phi) is 3.20. The van der Waals surface area contributed by atoms with Crippen molar-refractivity contribution in [1.82, 2.24) is 9.88 Å². The lowest BCUT2D eigenvalue weighted by molar-refractivity contribution is 0.0787. The summed E-state index contributed by atoms with van der Waals surface area (Å²) in [6.45, 7) is 1.48. The maximum Gasteiger partial charge on any atom is 0.272 e. The maximum atomic E-state index is 12.0. The minimum atomic E-state index is -0.0635. The van der Waals surface area contributed by atoms with Crippen molar-refractivity contribution in [2.24, 2.45) is 0 Å². The molecule has 1 unspecified atom stereocenters. The number of hydrogen-bond acceptors (Lipinski definition) is 3. The summed E-state index contributed by atoms with van der Waals surface area (Å²) in [5, 5.41) is 8.62. The first kappa shape index (κ1) is 11.1. The summed E-state index contributed by atoms with van der Waals surface area (Å²) < 4.78 is 0. The van der Waals surface area contributed by atoms with Gasteiger partial charge in [-0.2, -0.15) is 5.26 Å². The number of nitriles is 1. The van der Waals surface area contributed by atoms with Gasteiger partial charge in [-0.05, 0) is 18.6 Å². The lowest BCUT2D eigenvalue weighted by Gasteiger charge is -2.14. The molecular formula is C11H10BrN3O. The van der Waals surface area contributed by atoms with Crippen molar-refractivity contribution in [3.05, 3.63) is 29.6 Å². The van der Waals surface area contributed by atoms with Gasteiger partial charge >= 0.3 is 0 Å². The van der Waals surface area contributed by atoms with E-state index < -0.39 is 0 Å². The van der Waals surface area contributed by atoms with Crippen molar-refractivity contribution in [3.8, 4) is 6.07 Å². The molecule has 1 aromatic rings. The number of carbonyl (C=O) groups excluding carboxylic acids is 1. The molecule has 1 aliphatic rings. The molecule has 0 spiro atoms. The van der Waals surface area contributed by atoms with E-state index in [1.165, 1.54) is 6.20 Å². The van der Waals surface area contributed by atoms with Gasteiger partial charge in [0.1, 0.15) is 11.8 Å². The van der Waals surface area contributed by atoms with E-state index in [2.05, 4.69) is 20.9 Å². The molecule has 5 heteroatoms. The average Bonchev–Trinajstić information content (AvgIpc) is 2.75. The Hall–Kier alpha value is -1.41. The van der Waals surface area contributed by atoms with Crippen LogP contribution in [0.25, 0.3) is 0 Å². The number of rotatable bonds is 1. The molecule has 0 aromatic carbocycles. The molecule has 4 nitrogen and oxygen atoms in total. The van der Waals surface area contributed by atoms with Gasteiger partial charge < -0.3 is 4.90 Å².